The molecule has 0 bridgehead atoms. The van der Waals surface area contributed by atoms with Gasteiger partial charge in [-0.3, -0.25) is 0 Å². The fourth-order valence-electron chi connectivity index (χ4n) is 0.423. The molecule has 0 rings (SSSR count). The third-order valence-electron chi connectivity index (χ3n) is 0.879. The highest BCUT2D eigenvalue weighted by molar-refractivity contribution is 7.48. The molecule has 0 heterocycles. The average Bonchev–Trinajstić information content (AvgIpc) is 1.97. The second-order valence-electron chi connectivity index (χ2n) is 2.00. The lowest BCUT2D eigenvalue weighted by Gasteiger charge is -2.10. The van der Waals surface area contributed by atoms with Crippen molar-refractivity contribution >= 4 is 8.38 Å². The molecular weight excluding hydrogens is 147 g/mol. The van der Waals surface area contributed by atoms with Gasteiger partial charge in [-0.15, -0.1) is 0 Å². The van der Waals surface area contributed by atoms with Crippen LogP contribution in [0.15, 0.2) is 0 Å². The molecule has 2 nitrogen and oxygen atoms in total. The van der Waals surface area contributed by atoms with Crippen LogP contribution in [0.25, 0.3) is 0 Å². The second-order valence-corrected chi connectivity index (χ2v) is 3.18. The van der Waals surface area contributed by atoms with Crippen LogP contribution in [0.4, 0.5) is 0 Å². The van der Waals surface area contributed by atoms with Gasteiger partial charge in [-0.25, -0.2) is 0 Å². The van der Waals surface area contributed by atoms with Crippen molar-refractivity contribution in [1.29, 1.82) is 0 Å². The molecule has 0 aromatic heterocycles. The molecule has 0 atom stereocenters. The molecule has 0 amide bonds. The number of hydrogen-bond acceptors (Lipinski definition) is 2. The van der Waals surface area contributed by atoms with Crippen molar-refractivity contribution in [3.8, 4) is 0 Å². The highest BCUT2D eigenvalue weighted by Crippen LogP contribution is 2.35. The Balaban J connectivity index is 3.00. The largest absolute Gasteiger partial charge is 0.334 e. The molecular formula is C7H16O2P. The first kappa shape index (κ1) is 10.3. The van der Waals surface area contributed by atoms with Crippen LogP contribution < -0.4 is 0 Å². The van der Waals surface area contributed by atoms with E-state index in [0.29, 0.717) is 0 Å². The van der Waals surface area contributed by atoms with Gasteiger partial charge in [0.25, 0.3) is 0 Å². The van der Waals surface area contributed by atoms with Gasteiger partial charge in [0.2, 0.25) is 0 Å². The van der Waals surface area contributed by atoms with Crippen LogP contribution in [0.2, 0.25) is 0 Å². The van der Waals surface area contributed by atoms with Crippen molar-refractivity contribution in [3.05, 3.63) is 6.66 Å². The van der Waals surface area contributed by atoms with E-state index < -0.39 is 8.38 Å². The lowest BCUT2D eigenvalue weighted by Crippen LogP contribution is -1.90. The molecule has 0 saturated heterocycles. The van der Waals surface area contributed by atoms with Gasteiger partial charge in [0, 0.05) is 6.66 Å². The topological polar surface area (TPSA) is 18.5 Å². The van der Waals surface area contributed by atoms with Crippen molar-refractivity contribution in [2.24, 2.45) is 0 Å². The van der Waals surface area contributed by atoms with Crippen LogP contribution in [0.3, 0.4) is 0 Å². The minimum atomic E-state index is -0.842. The summed E-state index contributed by atoms with van der Waals surface area (Å²) in [7, 11) is -0.842. The van der Waals surface area contributed by atoms with Gasteiger partial charge in [-0.2, -0.15) is 0 Å². The summed E-state index contributed by atoms with van der Waals surface area (Å²) in [5, 5.41) is 0. The smallest absolute Gasteiger partial charge is 0.170 e. The summed E-state index contributed by atoms with van der Waals surface area (Å²) < 4.78 is 10.4. The van der Waals surface area contributed by atoms with Gasteiger partial charge in [0.05, 0.1) is 13.2 Å². The highest BCUT2D eigenvalue weighted by Gasteiger charge is 1.99. The molecule has 1 radical (unpaired) electrons. The fraction of sp³-hybridized carbons (Fsp3) is 0.857. The van der Waals surface area contributed by atoms with E-state index in [-0.39, 0.29) is 0 Å². The summed E-state index contributed by atoms with van der Waals surface area (Å²) in [5.74, 6) is 0. The Labute approximate surface area is 64.8 Å². The Hall–Kier alpha value is 0.350. The Kier molecular flexibility index (Phi) is 7.72. The van der Waals surface area contributed by atoms with Crippen molar-refractivity contribution in [2.45, 2.75) is 26.7 Å². The molecule has 0 fully saturated rings. The maximum absolute atomic E-state index is 5.22. The third-order valence-corrected chi connectivity index (χ3v) is 1.82. The minimum absolute atomic E-state index is 0.763. The fourth-order valence-corrected chi connectivity index (χ4v) is 1.27. The van der Waals surface area contributed by atoms with Gasteiger partial charge in [0.15, 0.2) is 8.38 Å². The van der Waals surface area contributed by atoms with Crippen molar-refractivity contribution < 1.29 is 9.05 Å². The molecule has 0 aromatic carbocycles. The van der Waals surface area contributed by atoms with Crippen LogP contribution in [0.5, 0.6) is 0 Å². The summed E-state index contributed by atoms with van der Waals surface area (Å²) in [4.78, 5) is 0. The molecule has 0 saturated carbocycles. The Bertz CT molecular complexity index is 60.6. The predicted molar refractivity (Wildman–Crippen MR) is 44.8 cm³/mol. The van der Waals surface area contributed by atoms with Crippen LogP contribution in [0, 0.1) is 6.66 Å². The summed E-state index contributed by atoms with van der Waals surface area (Å²) in [6.45, 7) is 9.40. The molecule has 3 heteroatoms. The summed E-state index contributed by atoms with van der Waals surface area (Å²) in [5.41, 5.74) is 0. The minimum Gasteiger partial charge on any atom is -0.334 e. The molecule has 0 aliphatic rings. The van der Waals surface area contributed by atoms with Gasteiger partial charge in [-0.1, -0.05) is 13.8 Å². The van der Waals surface area contributed by atoms with E-state index in [1.807, 2.05) is 0 Å². The Morgan fingerprint density at radius 2 is 1.50 bits per heavy atom. The Morgan fingerprint density at radius 3 is 1.80 bits per heavy atom. The number of rotatable bonds is 6. The number of hydrogen-bond donors (Lipinski definition) is 0. The van der Waals surface area contributed by atoms with Crippen molar-refractivity contribution in [2.75, 3.05) is 13.2 Å². The summed E-state index contributed by atoms with van der Waals surface area (Å²) >= 11 is 0. The lowest BCUT2D eigenvalue weighted by molar-refractivity contribution is 0.256. The van der Waals surface area contributed by atoms with Gasteiger partial charge < -0.3 is 9.05 Å². The van der Waals surface area contributed by atoms with Gasteiger partial charge in [0.1, 0.15) is 0 Å². The quantitative estimate of drug-likeness (QED) is 0.560. The predicted octanol–water partition coefficient (Wildman–Crippen LogP) is 2.94. The molecule has 10 heavy (non-hydrogen) atoms. The maximum Gasteiger partial charge on any atom is 0.170 e. The summed E-state index contributed by atoms with van der Waals surface area (Å²) in [6, 6.07) is 0. The molecule has 0 unspecified atom stereocenters. The van der Waals surface area contributed by atoms with Crippen molar-refractivity contribution in [3.63, 3.8) is 0 Å². The first-order valence-corrected chi connectivity index (χ1v) is 5.04. The zero-order chi connectivity index (χ0) is 7.82. The first-order valence-electron chi connectivity index (χ1n) is 3.67. The molecule has 0 aromatic rings. The van der Waals surface area contributed by atoms with Crippen LogP contribution in [0.1, 0.15) is 26.7 Å². The molecule has 0 aliphatic carbocycles. The molecule has 0 N–H and O–H groups in total. The molecule has 61 valence electrons. The van der Waals surface area contributed by atoms with E-state index in [0.717, 1.165) is 26.1 Å². The molecule has 0 aliphatic heterocycles. The van der Waals surface area contributed by atoms with E-state index in [9.17, 15) is 0 Å². The second kappa shape index (κ2) is 7.46. The SMILES string of the molecule is [CH2]P(OCCC)OCCC. The third kappa shape index (κ3) is 6.47. The summed E-state index contributed by atoms with van der Waals surface area (Å²) in [6.07, 6.45) is 2.06. The Morgan fingerprint density at radius 1 is 1.10 bits per heavy atom. The van der Waals surface area contributed by atoms with Gasteiger partial charge >= 0.3 is 0 Å². The van der Waals surface area contributed by atoms with Crippen molar-refractivity contribution in [1.82, 2.24) is 0 Å². The van der Waals surface area contributed by atoms with E-state index in [2.05, 4.69) is 20.5 Å². The van der Waals surface area contributed by atoms with Crippen LogP contribution in [-0.4, -0.2) is 13.2 Å². The highest BCUT2D eigenvalue weighted by atomic mass is 31.2. The molecule has 0 spiro atoms. The van der Waals surface area contributed by atoms with E-state index in [1.165, 1.54) is 0 Å². The van der Waals surface area contributed by atoms with E-state index in [4.69, 9.17) is 9.05 Å². The zero-order valence-corrected chi connectivity index (χ0v) is 7.69. The first-order chi connectivity index (χ1) is 4.81. The van der Waals surface area contributed by atoms with E-state index >= 15 is 0 Å². The zero-order valence-electron chi connectivity index (χ0n) is 6.80. The van der Waals surface area contributed by atoms with Crippen LogP contribution in [-0.2, 0) is 9.05 Å². The van der Waals surface area contributed by atoms with E-state index in [1.54, 1.807) is 0 Å². The standard InChI is InChI=1S/C7H16O2P/c1-4-6-8-10(3)9-7-5-2/h3-7H2,1-2H3. The van der Waals surface area contributed by atoms with Crippen LogP contribution >= 0.6 is 8.38 Å². The lowest BCUT2D eigenvalue weighted by atomic mass is 10.5. The average molecular weight is 163 g/mol. The normalized spacial score (nSPS) is 10.8. The van der Waals surface area contributed by atoms with Gasteiger partial charge in [-0.05, 0) is 12.8 Å². The monoisotopic (exact) mass is 163 g/mol. The maximum atomic E-state index is 5.22.